The van der Waals surface area contributed by atoms with Crippen molar-refractivity contribution in [1.82, 2.24) is 66.7 Å². The van der Waals surface area contributed by atoms with Crippen molar-refractivity contribution < 1.29 is 43.1 Å². The first-order valence-corrected chi connectivity index (χ1v) is 25.4. The van der Waals surface area contributed by atoms with Crippen LogP contribution < -0.4 is 43.4 Å². The van der Waals surface area contributed by atoms with Gasteiger partial charge in [0.2, 0.25) is 41.4 Å². The Labute approximate surface area is 436 Å². The molecule has 1 aromatic carbocycles. The third-order valence-corrected chi connectivity index (χ3v) is 12.8. The average molecular weight is 1040 g/mol. The van der Waals surface area contributed by atoms with Crippen LogP contribution in [-0.4, -0.2) is 143 Å². The monoisotopic (exact) mass is 1040 g/mol. The summed E-state index contributed by atoms with van der Waals surface area (Å²) in [6, 6.07) is 0.411. The fraction of sp³-hybridized carbons (Fsp3) is 0.549. The second kappa shape index (κ2) is 27.6. The predicted molar refractivity (Wildman–Crippen MR) is 275 cm³/mol. The van der Waals surface area contributed by atoms with Crippen LogP contribution in [0.5, 0.6) is 0 Å². The van der Waals surface area contributed by atoms with Crippen molar-refractivity contribution in [2.45, 2.75) is 160 Å². The van der Waals surface area contributed by atoms with Gasteiger partial charge in [-0.3, -0.25) is 33.6 Å². The third-order valence-electron chi connectivity index (χ3n) is 12.8. The van der Waals surface area contributed by atoms with Crippen LogP contribution in [0.3, 0.4) is 0 Å². The Morgan fingerprint density at radius 3 is 1.80 bits per heavy atom. The van der Waals surface area contributed by atoms with E-state index < -0.39 is 101 Å². The largest absolute Gasteiger partial charge is 0.444 e. The van der Waals surface area contributed by atoms with Crippen molar-refractivity contribution in [1.29, 1.82) is 0 Å². The van der Waals surface area contributed by atoms with E-state index in [1.165, 1.54) is 42.5 Å². The van der Waals surface area contributed by atoms with Crippen LogP contribution in [0.2, 0.25) is 0 Å². The number of likely N-dealkylation sites (tertiary alicyclic amines) is 1. The molecule has 75 heavy (non-hydrogen) atoms. The Morgan fingerprint density at radius 1 is 0.720 bits per heavy atom. The van der Waals surface area contributed by atoms with Crippen LogP contribution >= 0.6 is 0 Å². The Kier molecular flexibility index (Phi) is 21.4. The number of H-pyrrole nitrogens is 3. The van der Waals surface area contributed by atoms with Crippen LogP contribution in [0, 0.1) is 11.8 Å². The zero-order valence-electron chi connectivity index (χ0n) is 43.8. The Morgan fingerprint density at radius 2 is 1.27 bits per heavy atom. The summed E-state index contributed by atoms with van der Waals surface area (Å²) in [5.74, 6) is -4.83. The van der Waals surface area contributed by atoms with E-state index in [1.807, 2.05) is 26.8 Å². The second-order valence-corrected chi connectivity index (χ2v) is 20.6. The summed E-state index contributed by atoms with van der Waals surface area (Å²) in [5, 5.41) is 16.8. The van der Waals surface area contributed by atoms with Gasteiger partial charge in [0, 0.05) is 86.4 Å². The molecule has 408 valence electrons. The number of amides is 8. The topological polar surface area (TPSA) is 359 Å². The molecule has 0 aliphatic carbocycles. The minimum absolute atomic E-state index is 0.0131. The molecule has 0 bridgehead atoms. The number of hydrogen-bond donors (Lipinski definition) is 11. The number of aromatic nitrogens is 6. The molecule has 1 fully saturated rings. The number of rotatable bonds is 27. The minimum Gasteiger partial charge on any atom is -0.444 e. The van der Waals surface area contributed by atoms with E-state index in [0.717, 1.165) is 0 Å². The molecule has 0 unspecified atom stereocenters. The van der Waals surface area contributed by atoms with Gasteiger partial charge in [-0.2, -0.15) is 0 Å². The van der Waals surface area contributed by atoms with Crippen LogP contribution in [0.4, 0.5) is 4.79 Å². The highest BCUT2D eigenvalue weighted by atomic mass is 16.6. The maximum atomic E-state index is 14.6. The molecule has 0 saturated carbocycles. The van der Waals surface area contributed by atoms with Crippen molar-refractivity contribution in [3.63, 3.8) is 0 Å². The normalized spacial score (nSPS) is 16.8. The smallest absolute Gasteiger partial charge is 0.408 e. The molecule has 1 aliphatic heterocycles. The number of nitrogens with zero attached hydrogens (tertiary/aromatic N) is 4. The van der Waals surface area contributed by atoms with Gasteiger partial charge in [0.05, 0.1) is 19.0 Å². The number of nitrogens with one attached hydrogen (secondary N) is 9. The fourth-order valence-electron chi connectivity index (χ4n) is 8.72. The predicted octanol–water partition coefficient (Wildman–Crippen LogP) is 0.730. The molecule has 0 radical (unpaired) electrons. The molecule has 0 spiro atoms. The van der Waals surface area contributed by atoms with E-state index in [0.29, 0.717) is 41.9 Å². The summed E-state index contributed by atoms with van der Waals surface area (Å²) in [7, 11) is 0. The Bertz CT molecular complexity index is 2480. The second-order valence-electron chi connectivity index (χ2n) is 20.6. The number of alkyl carbamates (subject to hydrolysis) is 1. The highest BCUT2D eigenvalue weighted by Crippen LogP contribution is 2.21. The number of hydrogen-bond acceptors (Lipinski definition) is 13. The van der Waals surface area contributed by atoms with Gasteiger partial charge >= 0.3 is 6.09 Å². The quantitative estimate of drug-likeness (QED) is 0.0393. The number of aromatic amines is 3. The number of benzene rings is 1. The van der Waals surface area contributed by atoms with Crippen LogP contribution in [0.25, 0.3) is 0 Å². The van der Waals surface area contributed by atoms with Gasteiger partial charge in [0.15, 0.2) is 0 Å². The molecule has 4 heterocycles. The standard InChI is InChI=1S/C51H75N15O9/c1-8-30(4)43(48(72)61-37(44(53)68)19-32-23-54-26-57-32)65-42(67)22-35(52)36(17-29(2)3)60-46(70)39(20-33-24-55-27-58-33)62-45(69)38(18-31-13-10-9-11-14-31)63-47(71)41-15-12-16-66(41)49(73)40(21-34-25-56-28-59-34)64-50(74)75-51(5,6)7/h9-11,13-14,23-30,35-41,43H,8,12,15-22,52H2,1-7H3,(H2,53,68)(H,54,57)(H,55,58)(H,56,59)(H,60,70)(H,61,72)(H,62,69)(H,63,71)(H,64,74)(H,65,67)/t30-,35+,36-,37-,38-,39-,40-,41-,43-/m0/s1. The first-order valence-electron chi connectivity index (χ1n) is 25.4. The van der Waals surface area contributed by atoms with Gasteiger partial charge in [0.25, 0.3) is 0 Å². The lowest BCUT2D eigenvalue weighted by Gasteiger charge is -2.31. The van der Waals surface area contributed by atoms with Crippen molar-refractivity contribution in [2.75, 3.05) is 6.54 Å². The van der Waals surface area contributed by atoms with E-state index in [-0.39, 0.29) is 56.9 Å². The summed E-state index contributed by atoms with van der Waals surface area (Å²) in [4.78, 5) is 133. The molecule has 1 aliphatic rings. The van der Waals surface area contributed by atoms with Crippen LogP contribution in [0.1, 0.15) is 103 Å². The van der Waals surface area contributed by atoms with E-state index >= 15 is 0 Å². The molecule has 4 aromatic rings. The molecule has 8 amide bonds. The van der Waals surface area contributed by atoms with E-state index in [4.69, 9.17) is 16.2 Å². The first kappa shape index (κ1) is 58.3. The van der Waals surface area contributed by atoms with Gasteiger partial charge in [-0.15, -0.1) is 0 Å². The molecule has 1 saturated heterocycles. The number of carbonyl (C=O) groups excluding carboxylic acids is 8. The van der Waals surface area contributed by atoms with Crippen molar-refractivity contribution in [3.05, 3.63) is 90.5 Å². The van der Waals surface area contributed by atoms with Crippen molar-refractivity contribution in [3.8, 4) is 0 Å². The van der Waals surface area contributed by atoms with Crippen molar-refractivity contribution in [2.24, 2.45) is 23.3 Å². The fourth-order valence-corrected chi connectivity index (χ4v) is 8.72. The molecule has 13 N–H and O–H groups in total. The lowest BCUT2D eigenvalue weighted by molar-refractivity contribution is -0.141. The SMILES string of the molecule is CC[C@H](C)[C@H](NC(=O)C[C@@H](N)[C@H](CC(C)C)NC(=O)[C@H](Cc1cnc[nH]1)NC(=O)[C@H](Cc1ccccc1)NC(=O)[C@@H]1CCCN1C(=O)[C@H](Cc1cnc[nH]1)NC(=O)OC(C)(C)C)C(=O)N[C@@H](Cc1cnc[nH]1)C(N)=O. The van der Waals surface area contributed by atoms with E-state index in [1.54, 1.807) is 52.0 Å². The zero-order valence-corrected chi connectivity index (χ0v) is 43.8. The van der Waals surface area contributed by atoms with E-state index in [2.05, 4.69) is 61.8 Å². The average Bonchev–Trinajstić information content (AvgIpc) is 4.21. The maximum absolute atomic E-state index is 14.6. The van der Waals surface area contributed by atoms with Crippen LogP contribution in [0.15, 0.2) is 67.9 Å². The Balaban J connectivity index is 1.32. The minimum atomic E-state index is -1.26. The summed E-state index contributed by atoms with van der Waals surface area (Å²) in [5.41, 5.74) is 13.8. The van der Waals surface area contributed by atoms with Gasteiger partial charge in [0.1, 0.15) is 41.9 Å². The molecule has 24 heteroatoms. The lowest BCUT2D eigenvalue weighted by atomic mass is 9.94. The zero-order chi connectivity index (χ0) is 54.8. The summed E-state index contributed by atoms with van der Waals surface area (Å²) in [6.45, 7) is 12.8. The highest BCUT2D eigenvalue weighted by molar-refractivity contribution is 5.96. The first-order chi connectivity index (χ1) is 35.6. The molecule has 24 nitrogen and oxygen atoms in total. The van der Waals surface area contributed by atoms with Crippen LogP contribution in [-0.2, 0) is 64.0 Å². The summed E-state index contributed by atoms with van der Waals surface area (Å²) < 4.78 is 5.46. The molecular formula is C51H75N15O9. The van der Waals surface area contributed by atoms with Gasteiger partial charge in [-0.05, 0) is 57.4 Å². The molecule has 5 rings (SSSR count). The maximum Gasteiger partial charge on any atom is 0.408 e. The number of ether oxygens (including phenoxy) is 1. The Hall–Kier alpha value is -7.63. The molecule has 3 aromatic heterocycles. The molecule has 9 atom stereocenters. The number of primary amides is 1. The van der Waals surface area contributed by atoms with Gasteiger partial charge in [-0.1, -0.05) is 64.4 Å². The number of imidazole rings is 3. The summed E-state index contributed by atoms with van der Waals surface area (Å²) >= 11 is 0. The van der Waals surface area contributed by atoms with Crippen molar-refractivity contribution >= 4 is 47.4 Å². The molecular weight excluding hydrogens is 967 g/mol. The third kappa shape index (κ3) is 18.4. The number of carbonyl (C=O) groups is 8. The van der Waals surface area contributed by atoms with Gasteiger partial charge < -0.3 is 68.0 Å². The number of nitrogens with two attached hydrogens (primary N) is 2. The van der Waals surface area contributed by atoms with Gasteiger partial charge in [-0.25, -0.2) is 19.7 Å². The highest BCUT2D eigenvalue weighted by Gasteiger charge is 2.40. The summed E-state index contributed by atoms with van der Waals surface area (Å²) in [6.07, 6.45) is 9.34. The lowest BCUT2D eigenvalue weighted by Crippen LogP contribution is -2.60. The van der Waals surface area contributed by atoms with E-state index in [9.17, 15) is 38.4 Å².